The topological polar surface area (TPSA) is 115 Å². The van der Waals surface area contributed by atoms with Crippen LogP contribution in [0.4, 0.5) is 0 Å². The van der Waals surface area contributed by atoms with E-state index in [1.54, 1.807) is 0 Å². The molecule has 8 nitrogen and oxygen atoms in total. The number of nitrogens with one attached hydrogen (secondary N) is 4. The molecule has 16 bridgehead atoms. The third-order valence-corrected chi connectivity index (χ3v) is 18.8. The molecule has 0 saturated heterocycles. The van der Waals surface area contributed by atoms with E-state index in [1.807, 2.05) is 0 Å². The summed E-state index contributed by atoms with van der Waals surface area (Å²) >= 11 is 0. The van der Waals surface area contributed by atoms with Gasteiger partial charge in [0.05, 0.1) is 45.6 Å². The standard InChI is InChI=1S/C88H74N8/c1-47-29-48(2)36-59(35-47)81-65-13-17-69(89-65)83(61-39-51(5)31-52(6)40-61)73-21-25-77(93-73)87(78-26-22-74(94-78)84(70-18-14-66(81)90-70)62-41-53(7)32-54(8)42-62)88-79-27-23-75(95-79)85(63-43-55(9)33-56(10)44-63)71-19-15-67(91-71)82(60-37-49(3)30-50(4)38-60)68-16-20-72(92-68)86(76-24-28-80(88)96-76)64-45-57(11)34-58(12)46-64/h13-46,89,91,94,96H,1-12H3. The molecule has 16 rings (SSSR count). The minimum atomic E-state index is 0.774. The minimum Gasteiger partial charge on any atom is -0.354 e. The number of nitrogens with zero attached hydrogens (tertiary/aromatic N) is 4. The van der Waals surface area contributed by atoms with Crippen LogP contribution >= 0.6 is 0 Å². The van der Waals surface area contributed by atoms with E-state index in [0.717, 1.165) is 168 Å². The summed E-state index contributed by atoms with van der Waals surface area (Å²) in [5, 5.41) is 0. The van der Waals surface area contributed by atoms with Gasteiger partial charge in [-0.2, -0.15) is 0 Å². The maximum Gasteiger partial charge on any atom is 0.0738 e. The van der Waals surface area contributed by atoms with E-state index in [4.69, 9.17) is 19.9 Å². The van der Waals surface area contributed by atoms with Gasteiger partial charge in [0.25, 0.3) is 0 Å². The first-order chi connectivity index (χ1) is 46.4. The summed E-state index contributed by atoms with van der Waals surface area (Å²) in [5.74, 6) is 0. The second-order valence-corrected chi connectivity index (χ2v) is 27.3. The van der Waals surface area contributed by atoms with Gasteiger partial charge in [-0.15, -0.1) is 0 Å². The second-order valence-electron chi connectivity index (χ2n) is 27.3. The van der Waals surface area contributed by atoms with E-state index in [1.165, 1.54) is 66.8 Å². The van der Waals surface area contributed by atoms with Crippen LogP contribution in [0.5, 0.6) is 0 Å². The summed E-state index contributed by atoms with van der Waals surface area (Å²) in [6.45, 7) is 26.1. The molecular formula is C88H74N8. The molecule has 0 spiro atoms. The highest BCUT2D eigenvalue weighted by Crippen LogP contribution is 2.44. The van der Waals surface area contributed by atoms with Crippen molar-refractivity contribution in [2.24, 2.45) is 0 Å². The van der Waals surface area contributed by atoms with Gasteiger partial charge in [-0.25, -0.2) is 19.9 Å². The maximum absolute atomic E-state index is 5.92. The molecule has 0 amide bonds. The molecule has 4 N–H and O–H groups in total. The lowest BCUT2D eigenvalue weighted by Gasteiger charge is -2.10. The van der Waals surface area contributed by atoms with Gasteiger partial charge in [-0.3, -0.25) is 0 Å². The Balaban J connectivity index is 1.11. The third-order valence-electron chi connectivity index (χ3n) is 18.8. The van der Waals surface area contributed by atoms with E-state index < -0.39 is 0 Å². The number of benzene rings is 6. The van der Waals surface area contributed by atoms with Crippen LogP contribution in [-0.2, 0) is 0 Å². The van der Waals surface area contributed by atoms with Crippen LogP contribution in [-0.4, -0.2) is 39.9 Å². The largest absolute Gasteiger partial charge is 0.354 e. The Hall–Kier alpha value is -11.5. The highest BCUT2D eigenvalue weighted by Gasteiger charge is 2.25. The summed E-state index contributed by atoms with van der Waals surface area (Å²) in [5.41, 5.74) is 42.3. The smallest absolute Gasteiger partial charge is 0.0738 e. The Labute approximate surface area is 560 Å². The maximum atomic E-state index is 5.92. The normalized spacial score (nSPS) is 12.4. The van der Waals surface area contributed by atoms with Crippen molar-refractivity contribution in [3.8, 4) is 77.9 Å². The molecule has 0 unspecified atom stereocenters. The molecule has 4 aliphatic rings. The predicted octanol–water partition coefficient (Wildman–Crippen LogP) is 23.0. The Bertz CT molecular complexity index is 5280. The highest BCUT2D eigenvalue weighted by molar-refractivity contribution is 6.06. The summed E-state index contributed by atoms with van der Waals surface area (Å²) < 4.78 is 0. The number of aromatic amines is 4. The van der Waals surface area contributed by atoms with Gasteiger partial charge < -0.3 is 19.9 Å². The molecule has 12 aromatic rings. The van der Waals surface area contributed by atoms with Gasteiger partial charge in [-0.05, 0) is 214 Å². The lowest BCUT2D eigenvalue weighted by atomic mass is 9.99. The first-order valence-corrected chi connectivity index (χ1v) is 33.2. The monoisotopic (exact) mass is 1240 g/mol. The van der Waals surface area contributed by atoms with Gasteiger partial charge in [0, 0.05) is 88.6 Å². The van der Waals surface area contributed by atoms with Crippen LogP contribution in [0.3, 0.4) is 0 Å². The molecule has 0 fully saturated rings. The number of fused-ring (bicyclic) bond motifs is 16. The highest BCUT2D eigenvalue weighted by atomic mass is 14.8. The van der Waals surface area contributed by atoms with Crippen molar-refractivity contribution >= 4 is 92.7 Å². The molecule has 0 aliphatic carbocycles. The first-order valence-electron chi connectivity index (χ1n) is 33.2. The average Bonchev–Trinajstić information content (AvgIpc) is 1.60. The molecule has 6 aromatic carbocycles. The average molecular weight is 1240 g/mol. The van der Waals surface area contributed by atoms with Crippen molar-refractivity contribution in [1.29, 1.82) is 0 Å². The Morgan fingerprint density at radius 3 is 0.438 bits per heavy atom. The fourth-order valence-electron chi connectivity index (χ4n) is 15.5. The Morgan fingerprint density at radius 2 is 0.292 bits per heavy atom. The Kier molecular flexibility index (Phi) is 14.4. The molecule has 4 aliphatic heterocycles. The SMILES string of the molecule is Cc1cc(C)cc(-c2c3nc(c(-c4cc(C)cc(C)c4)c4ccc([nH]4)c(-c4c5nc(c(-c6cc(C)cc(C)c6)c6ccc([nH]6)c(-c6cc(C)cc(C)c6)c6nc(c(-c7cc(C)cc(C)c7)c7ccc4[nH]7)C=C6)C=C5)c4nc(c(-c5cc(C)cc(C)c5)c5ccc2[nH]5)C=C4)C=C3)c1. The van der Waals surface area contributed by atoms with Crippen LogP contribution < -0.4 is 0 Å². The first kappa shape index (κ1) is 59.5. The van der Waals surface area contributed by atoms with E-state index in [0.29, 0.717) is 0 Å². The summed E-state index contributed by atoms with van der Waals surface area (Å²) in [7, 11) is 0. The molecule has 0 radical (unpaired) electrons. The number of H-pyrrole nitrogens is 4. The van der Waals surface area contributed by atoms with Gasteiger partial charge in [0.1, 0.15) is 0 Å². The number of rotatable bonds is 7. The van der Waals surface area contributed by atoms with Crippen LogP contribution in [0.1, 0.15) is 112 Å². The van der Waals surface area contributed by atoms with Crippen LogP contribution in [0.15, 0.2) is 158 Å². The number of aryl methyl sites for hydroxylation is 12. The number of hydrogen-bond acceptors (Lipinski definition) is 4. The molecular weight excluding hydrogens is 1170 g/mol. The fraction of sp³-hybridized carbons (Fsp3) is 0.136. The van der Waals surface area contributed by atoms with Crippen LogP contribution in [0.2, 0.25) is 0 Å². The van der Waals surface area contributed by atoms with Gasteiger partial charge in [-0.1, -0.05) is 176 Å². The van der Waals surface area contributed by atoms with Gasteiger partial charge >= 0.3 is 0 Å². The van der Waals surface area contributed by atoms with E-state index in [9.17, 15) is 0 Å². The molecule has 466 valence electrons. The van der Waals surface area contributed by atoms with Crippen molar-refractivity contribution in [2.75, 3.05) is 0 Å². The van der Waals surface area contributed by atoms with Crippen LogP contribution in [0, 0.1) is 83.1 Å². The molecule has 96 heavy (non-hydrogen) atoms. The lowest BCUT2D eigenvalue weighted by molar-refractivity contribution is 1.29. The quantitative estimate of drug-likeness (QED) is 0.127. The van der Waals surface area contributed by atoms with Crippen molar-refractivity contribution in [2.45, 2.75) is 83.1 Å². The minimum absolute atomic E-state index is 0.774. The molecule has 8 heteroatoms. The van der Waals surface area contributed by atoms with Crippen molar-refractivity contribution in [3.63, 3.8) is 0 Å². The van der Waals surface area contributed by atoms with Crippen molar-refractivity contribution in [3.05, 3.63) is 270 Å². The van der Waals surface area contributed by atoms with E-state index in [-0.39, 0.29) is 0 Å². The van der Waals surface area contributed by atoms with Crippen LogP contribution in [0.25, 0.3) is 171 Å². The van der Waals surface area contributed by atoms with Crippen molar-refractivity contribution < 1.29 is 0 Å². The lowest BCUT2D eigenvalue weighted by Crippen LogP contribution is -1.93. The molecule has 10 heterocycles. The molecule has 6 aromatic heterocycles. The predicted molar refractivity (Wildman–Crippen MR) is 406 cm³/mol. The Morgan fingerprint density at radius 1 is 0.167 bits per heavy atom. The summed E-state index contributed by atoms with van der Waals surface area (Å²) in [6.07, 6.45) is 17.5. The molecule has 0 saturated carbocycles. The van der Waals surface area contributed by atoms with E-state index >= 15 is 0 Å². The van der Waals surface area contributed by atoms with E-state index in [2.05, 4.69) is 309 Å². The zero-order valence-electron chi connectivity index (χ0n) is 56.4. The zero-order chi connectivity index (χ0) is 65.9. The van der Waals surface area contributed by atoms with Gasteiger partial charge in [0.15, 0.2) is 0 Å². The zero-order valence-corrected chi connectivity index (χ0v) is 56.4. The summed E-state index contributed by atoms with van der Waals surface area (Å²) in [4.78, 5) is 39.5. The third kappa shape index (κ3) is 10.9. The van der Waals surface area contributed by atoms with Gasteiger partial charge in [0.2, 0.25) is 0 Å². The second kappa shape index (κ2) is 23.2. The fourth-order valence-corrected chi connectivity index (χ4v) is 15.5. The number of aromatic nitrogens is 8. The number of hydrogen-bond donors (Lipinski definition) is 4. The van der Waals surface area contributed by atoms with Crippen molar-refractivity contribution in [1.82, 2.24) is 39.9 Å². The molecule has 0 atom stereocenters. The summed E-state index contributed by atoms with van der Waals surface area (Å²) in [6, 6.07) is 58.5.